The number of amides is 1. The number of rotatable bonds is 7. The van der Waals surface area contributed by atoms with Gasteiger partial charge in [0.2, 0.25) is 5.91 Å². The average molecular weight is 262 g/mol. The normalized spacial score (nSPS) is 13.3. The van der Waals surface area contributed by atoms with Gasteiger partial charge in [-0.15, -0.1) is 6.58 Å². The van der Waals surface area contributed by atoms with Crippen LogP contribution in [-0.4, -0.2) is 29.6 Å². The lowest BCUT2D eigenvalue weighted by atomic mass is 9.98. The molecule has 0 aliphatic heterocycles. The summed E-state index contributed by atoms with van der Waals surface area (Å²) in [5.74, 6) is -2.02. The number of nitrogens with one attached hydrogen (secondary N) is 1. The minimum absolute atomic E-state index is 0.121. The van der Waals surface area contributed by atoms with Crippen LogP contribution in [0.25, 0.3) is 0 Å². The van der Waals surface area contributed by atoms with Gasteiger partial charge < -0.3 is 16.2 Å². The van der Waals surface area contributed by atoms with Gasteiger partial charge in [0.1, 0.15) is 6.04 Å². The minimum atomic E-state index is -1.09. The van der Waals surface area contributed by atoms with Crippen LogP contribution in [0, 0.1) is 0 Å². The van der Waals surface area contributed by atoms with Crippen molar-refractivity contribution < 1.29 is 14.7 Å². The second-order valence-electron chi connectivity index (χ2n) is 4.12. The maximum Gasteiger partial charge on any atom is 0.326 e. The van der Waals surface area contributed by atoms with Crippen LogP contribution in [0.1, 0.15) is 17.9 Å². The Morgan fingerprint density at radius 1 is 1.37 bits per heavy atom. The average Bonchev–Trinajstić information content (AvgIpc) is 2.40. The van der Waals surface area contributed by atoms with Crippen LogP contribution in [0.4, 0.5) is 0 Å². The zero-order valence-corrected chi connectivity index (χ0v) is 10.6. The lowest BCUT2D eigenvalue weighted by Gasteiger charge is -2.18. The predicted octanol–water partition coefficient (Wildman–Crippen LogP) is 0.874. The van der Waals surface area contributed by atoms with E-state index in [0.717, 1.165) is 5.56 Å². The molecule has 19 heavy (non-hydrogen) atoms. The number of carbonyl (C=O) groups is 2. The van der Waals surface area contributed by atoms with Gasteiger partial charge in [0.15, 0.2) is 0 Å². The molecule has 0 radical (unpaired) electrons. The summed E-state index contributed by atoms with van der Waals surface area (Å²) in [5.41, 5.74) is 6.37. The summed E-state index contributed by atoms with van der Waals surface area (Å²) in [7, 11) is 0. The van der Waals surface area contributed by atoms with Crippen molar-refractivity contribution in [2.24, 2.45) is 5.73 Å². The van der Waals surface area contributed by atoms with E-state index in [0.29, 0.717) is 0 Å². The molecule has 1 rings (SSSR count). The molecule has 5 heteroatoms. The Bertz CT molecular complexity index is 445. The van der Waals surface area contributed by atoms with Gasteiger partial charge in [0, 0.05) is 6.54 Å². The summed E-state index contributed by atoms with van der Waals surface area (Å²) in [6, 6.07) is 8.07. The van der Waals surface area contributed by atoms with E-state index in [9.17, 15) is 9.59 Å². The molecule has 2 atom stereocenters. The molecule has 0 heterocycles. The first kappa shape index (κ1) is 14.9. The van der Waals surface area contributed by atoms with Crippen molar-refractivity contribution >= 4 is 11.9 Å². The first-order valence-electron chi connectivity index (χ1n) is 5.99. The van der Waals surface area contributed by atoms with Crippen LogP contribution in [0.15, 0.2) is 43.0 Å². The molecule has 0 spiro atoms. The smallest absolute Gasteiger partial charge is 0.326 e. The molecule has 1 aromatic rings. The number of nitrogens with two attached hydrogens (primary N) is 1. The molecule has 0 saturated heterocycles. The molecule has 102 valence electrons. The first-order valence-corrected chi connectivity index (χ1v) is 5.99. The molecule has 0 fully saturated rings. The fraction of sp³-hybridized carbons (Fsp3) is 0.286. The molecule has 0 saturated carbocycles. The van der Waals surface area contributed by atoms with E-state index in [1.807, 2.05) is 18.2 Å². The highest BCUT2D eigenvalue weighted by atomic mass is 16.4. The summed E-state index contributed by atoms with van der Waals surface area (Å²) in [4.78, 5) is 23.1. The third-order valence-electron chi connectivity index (χ3n) is 2.77. The van der Waals surface area contributed by atoms with Crippen molar-refractivity contribution in [3.05, 3.63) is 48.6 Å². The highest BCUT2D eigenvalue weighted by molar-refractivity contribution is 5.88. The second kappa shape index (κ2) is 7.33. The van der Waals surface area contributed by atoms with Crippen LogP contribution >= 0.6 is 0 Å². The monoisotopic (exact) mass is 262 g/mol. The van der Waals surface area contributed by atoms with Gasteiger partial charge in [-0.05, 0) is 12.0 Å². The molecule has 0 aliphatic rings. The highest BCUT2D eigenvalue weighted by Crippen LogP contribution is 2.14. The zero-order valence-electron chi connectivity index (χ0n) is 10.6. The molecule has 0 aromatic heterocycles. The van der Waals surface area contributed by atoms with Crippen molar-refractivity contribution in [2.45, 2.75) is 18.4 Å². The van der Waals surface area contributed by atoms with E-state index in [1.165, 1.54) is 6.08 Å². The number of aliphatic carboxylic acids is 1. The van der Waals surface area contributed by atoms with E-state index < -0.39 is 17.9 Å². The van der Waals surface area contributed by atoms with Crippen molar-refractivity contribution in [2.75, 3.05) is 6.54 Å². The predicted molar refractivity (Wildman–Crippen MR) is 72.6 cm³/mol. The topological polar surface area (TPSA) is 92.4 Å². The molecule has 0 aliphatic carbocycles. The van der Waals surface area contributed by atoms with Gasteiger partial charge in [0.25, 0.3) is 0 Å². The molecule has 2 unspecified atom stereocenters. The Hall–Kier alpha value is -2.14. The zero-order chi connectivity index (χ0) is 14.3. The van der Waals surface area contributed by atoms with E-state index in [2.05, 4.69) is 11.9 Å². The molecular weight excluding hydrogens is 244 g/mol. The molecule has 1 amide bonds. The number of carbonyl (C=O) groups excluding carboxylic acids is 1. The Morgan fingerprint density at radius 3 is 2.47 bits per heavy atom. The van der Waals surface area contributed by atoms with Crippen molar-refractivity contribution in [3.8, 4) is 0 Å². The summed E-state index contributed by atoms with van der Waals surface area (Å²) in [5, 5.41) is 11.5. The largest absolute Gasteiger partial charge is 0.480 e. The van der Waals surface area contributed by atoms with E-state index in [-0.39, 0.29) is 18.9 Å². The quantitative estimate of drug-likeness (QED) is 0.636. The Balaban J connectivity index is 2.79. The molecule has 1 aromatic carbocycles. The van der Waals surface area contributed by atoms with Gasteiger partial charge >= 0.3 is 5.97 Å². The maximum absolute atomic E-state index is 12.1. The van der Waals surface area contributed by atoms with Crippen molar-refractivity contribution in [1.82, 2.24) is 5.32 Å². The van der Waals surface area contributed by atoms with Crippen LogP contribution < -0.4 is 11.1 Å². The maximum atomic E-state index is 12.1. The van der Waals surface area contributed by atoms with Crippen molar-refractivity contribution in [1.29, 1.82) is 0 Å². The van der Waals surface area contributed by atoms with E-state index in [1.54, 1.807) is 12.1 Å². The fourth-order valence-electron chi connectivity index (χ4n) is 1.74. The number of carboxylic acids is 1. The standard InChI is InChI=1S/C14H18N2O3/c1-2-6-12(14(18)19)16-13(17)11(9-15)10-7-4-3-5-8-10/h2-5,7-8,11-12H,1,6,9,15H2,(H,16,17)(H,18,19). The fourth-order valence-corrected chi connectivity index (χ4v) is 1.74. The van der Waals surface area contributed by atoms with Gasteiger partial charge in [-0.3, -0.25) is 4.79 Å². The van der Waals surface area contributed by atoms with Crippen LogP contribution in [0.2, 0.25) is 0 Å². The van der Waals surface area contributed by atoms with Crippen molar-refractivity contribution in [3.63, 3.8) is 0 Å². The summed E-state index contributed by atoms with van der Waals surface area (Å²) >= 11 is 0. The van der Waals surface area contributed by atoms with Crippen LogP contribution in [0.3, 0.4) is 0 Å². The summed E-state index contributed by atoms with van der Waals surface area (Å²) in [6.07, 6.45) is 1.63. The lowest BCUT2D eigenvalue weighted by molar-refractivity contribution is -0.141. The summed E-state index contributed by atoms with van der Waals surface area (Å²) in [6.45, 7) is 3.60. The van der Waals surface area contributed by atoms with E-state index >= 15 is 0 Å². The third-order valence-corrected chi connectivity index (χ3v) is 2.77. The lowest BCUT2D eigenvalue weighted by Crippen LogP contribution is -2.44. The van der Waals surface area contributed by atoms with Gasteiger partial charge in [-0.1, -0.05) is 36.4 Å². The number of hydrogen-bond acceptors (Lipinski definition) is 3. The molecule has 5 nitrogen and oxygen atoms in total. The first-order chi connectivity index (χ1) is 9.10. The van der Waals surface area contributed by atoms with Gasteiger partial charge in [-0.2, -0.15) is 0 Å². The van der Waals surface area contributed by atoms with Crippen LogP contribution in [0.5, 0.6) is 0 Å². The SMILES string of the molecule is C=CCC(NC(=O)C(CN)c1ccccc1)C(=O)O. The van der Waals surface area contributed by atoms with E-state index in [4.69, 9.17) is 10.8 Å². The second-order valence-corrected chi connectivity index (χ2v) is 4.12. The number of carboxylic acid groups (broad SMARTS) is 1. The molecule has 0 bridgehead atoms. The van der Waals surface area contributed by atoms with Gasteiger partial charge in [-0.25, -0.2) is 4.79 Å². The third kappa shape index (κ3) is 4.22. The van der Waals surface area contributed by atoms with Crippen LogP contribution in [-0.2, 0) is 9.59 Å². The minimum Gasteiger partial charge on any atom is -0.480 e. The number of benzene rings is 1. The summed E-state index contributed by atoms with van der Waals surface area (Å²) < 4.78 is 0. The Morgan fingerprint density at radius 2 is 2.00 bits per heavy atom. The van der Waals surface area contributed by atoms with Gasteiger partial charge in [0.05, 0.1) is 5.92 Å². The number of hydrogen-bond donors (Lipinski definition) is 3. The Labute approximate surface area is 112 Å². The Kier molecular flexibility index (Phi) is 5.75. The highest BCUT2D eigenvalue weighted by Gasteiger charge is 2.24. The molecular formula is C14H18N2O3. The molecule has 4 N–H and O–H groups in total.